The van der Waals surface area contributed by atoms with E-state index in [0.717, 1.165) is 58.9 Å². The van der Waals surface area contributed by atoms with Crippen LogP contribution in [-0.2, 0) is 4.79 Å². The Morgan fingerprint density at radius 1 is 1.19 bits per heavy atom. The molecule has 0 unspecified atom stereocenters. The van der Waals surface area contributed by atoms with Crippen LogP contribution in [0.4, 0.5) is 0 Å². The van der Waals surface area contributed by atoms with Crippen LogP contribution in [0.25, 0.3) is 22.2 Å². The third-order valence-electron chi connectivity index (χ3n) is 4.87. The van der Waals surface area contributed by atoms with Gasteiger partial charge in [0, 0.05) is 24.8 Å². The zero-order valence-electron chi connectivity index (χ0n) is 15.3. The van der Waals surface area contributed by atoms with Crippen molar-refractivity contribution in [3.05, 3.63) is 36.8 Å². The number of carbonyl (C=O) groups excluding carboxylic acids is 1. The number of aromatic nitrogens is 3. The Labute approximate surface area is 162 Å². The number of carbonyl (C=O) groups is 1. The van der Waals surface area contributed by atoms with E-state index in [4.69, 9.17) is 4.74 Å². The Hall–Kier alpha value is -2.54. The molecule has 3 heterocycles. The molecular weight excluding hydrogens is 360 g/mol. The van der Waals surface area contributed by atoms with E-state index < -0.39 is 0 Å². The number of benzene rings is 1. The molecule has 1 amide bonds. The summed E-state index contributed by atoms with van der Waals surface area (Å²) >= 11 is 1.47. The lowest BCUT2D eigenvalue weighted by Crippen LogP contribution is -2.36. The van der Waals surface area contributed by atoms with Crippen LogP contribution in [0.3, 0.4) is 0 Å². The normalized spacial score (nSPS) is 14.5. The van der Waals surface area contributed by atoms with Gasteiger partial charge >= 0.3 is 0 Å². The Morgan fingerprint density at radius 2 is 1.96 bits per heavy atom. The zero-order valence-corrected chi connectivity index (χ0v) is 16.1. The molecule has 0 bridgehead atoms. The van der Waals surface area contributed by atoms with Crippen molar-refractivity contribution in [1.82, 2.24) is 19.9 Å². The summed E-state index contributed by atoms with van der Waals surface area (Å²) in [6.45, 7) is 1.76. The van der Waals surface area contributed by atoms with Crippen molar-refractivity contribution in [2.24, 2.45) is 0 Å². The molecular formula is C20H22N4O2S. The lowest BCUT2D eigenvalue weighted by molar-refractivity contribution is -0.129. The molecule has 1 saturated heterocycles. The van der Waals surface area contributed by atoms with Gasteiger partial charge in [-0.05, 0) is 37.0 Å². The molecule has 0 saturated carbocycles. The summed E-state index contributed by atoms with van der Waals surface area (Å²) in [5, 5.41) is 0.810. The van der Waals surface area contributed by atoms with Crippen molar-refractivity contribution in [3.63, 3.8) is 0 Å². The topological polar surface area (TPSA) is 71.1 Å². The van der Waals surface area contributed by atoms with Gasteiger partial charge in [-0.1, -0.05) is 23.9 Å². The van der Waals surface area contributed by atoms with Crippen molar-refractivity contribution in [2.45, 2.75) is 24.3 Å². The van der Waals surface area contributed by atoms with E-state index in [2.05, 4.69) is 15.0 Å². The number of H-pyrrole nitrogens is 1. The van der Waals surface area contributed by atoms with Crippen LogP contribution in [-0.4, -0.2) is 51.7 Å². The zero-order chi connectivity index (χ0) is 18.6. The quantitative estimate of drug-likeness (QED) is 0.538. The maximum atomic E-state index is 12.4. The fourth-order valence-electron chi connectivity index (χ4n) is 3.38. The van der Waals surface area contributed by atoms with Gasteiger partial charge in [-0.2, -0.15) is 0 Å². The third-order valence-corrected chi connectivity index (χ3v) is 5.84. The lowest BCUT2D eigenvalue weighted by atomic mass is 10.1. The minimum atomic E-state index is 0.188. The number of hydrogen-bond donors (Lipinski definition) is 1. The van der Waals surface area contributed by atoms with E-state index in [1.807, 2.05) is 35.4 Å². The Bertz CT molecular complexity index is 933. The Morgan fingerprint density at radius 3 is 2.70 bits per heavy atom. The fourth-order valence-corrected chi connectivity index (χ4v) is 4.25. The average molecular weight is 382 g/mol. The molecule has 1 aliphatic rings. The van der Waals surface area contributed by atoms with Gasteiger partial charge in [0.1, 0.15) is 22.6 Å². The maximum absolute atomic E-state index is 12.4. The number of nitrogens with one attached hydrogen (secondary N) is 1. The van der Waals surface area contributed by atoms with E-state index in [1.165, 1.54) is 18.2 Å². The molecule has 140 valence electrons. The molecule has 0 aliphatic carbocycles. The molecule has 6 nitrogen and oxygen atoms in total. The number of hydrogen-bond acceptors (Lipinski definition) is 5. The first-order valence-electron chi connectivity index (χ1n) is 9.13. The standard InChI is InChI=1S/C20H22N4O2S/c1-26-15-7-5-14(6-8-15)16-11-21-19-18(16)22-13-23-20(19)27-12-17(25)24-9-3-2-4-10-24/h5-8,11,13,21H,2-4,9-10,12H2,1H3. The summed E-state index contributed by atoms with van der Waals surface area (Å²) in [7, 11) is 1.66. The number of fused-ring (bicyclic) bond motifs is 1. The van der Waals surface area contributed by atoms with E-state index in [0.29, 0.717) is 5.75 Å². The summed E-state index contributed by atoms with van der Waals surface area (Å²) in [6, 6.07) is 7.89. The van der Waals surface area contributed by atoms with Crippen LogP contribution in [0.2, 0.25) is 0 Å². The van der Waals surface area contributed by atoms with Gasteiger partial charge in [-0.15, -0.1) is 0 Å². The number of amides is 1. The molecule has 0 spiro atoms. The van der Waals surface area contributed by atoms with Crippen molar-refractivity contribution in [2.75, 3.05) is 26.0 Å². The van der Waals surface area contributed by atoms with Crippen LogP contribution >= 0.6 is 11.8 Å². The van der Waals surface area contributed by atoms with Gasteiger partial charge in [-0.3, -0.25) is 4.79 Å². The summed E-state index contributed by atoms with van der Waals surface area (Å²) in [4.78, 5) is 26.5. The predicted octanol–water partition coefficient (Wildman–Crippen LogP) is 3.74. The minimum absolute atomic E-state index is 0.188. The van der Waals surface area contributed by atoms with Crippen LogP contribution in [0, 0.1) is 0 Å². The van der Waals surface area contributed by atoms with E-state index in [9.17, 15) is 4.79 Å². The first kappa shape index (κ1) is 17.9. The molecule has 3 aromatic rings. The molecule has 1 fully saturated rings. The summed E-state index contributed by atoms with van der Waals surface area (Å²) < 4.78 is 5.22. The minimum Gasteiger partial charge on any atom is -0.497 e. The van der Waals surface area contributed by atoms with E-state index in [-0.39, 0.29) is 5.91 Å². The van der Waals surface area contributed by atoms with Crippen LogP contribution in [0.5, 0.6) is 5.75 Å². The number of methoxy groups -OCH3 is 1. The van der Waals surface area contributed by atoms with Gasteiger partial charge in [0.05, 0.1) is 18.4 Å². The SMILES string of the molecule is COc1ccc(-c2c[nH]c3c(SCC(=O)N4CCCCC4)ncnc23)cc1. The van der Waals surface area contributed by atoms with Gasteiger partial charge < -0.3 is 14.6 Å². The highest BCUT2D eigenvalue weighted by Gasteiger charge is 2.18. The van der Waals surface area contributed by atoms with Crippen LogP contribution < -0.4 is 4.74 Å². The van der Waals surface area contributed by atoms with E-state index >= 15 is 0 Å². The van der Waals surface area contributed by atoms with Crippen molar-refractivity contribution < 1.29 is 9.53 Å². The van der Waals surface area contributed by atoms with Gasteiger partial charge in [0.15, 0.2) is 0 Å². The van der Waals surface area contributed by atoms with Crippen LogP contribution in [0.1, 0.15) is 19.3 Å². The molecule has 1 aromatic carbocycles. The molecule has 27 heavy (non-hydrogen) atoms. The average Bonchev–Trinajstić information content (AvgIpc) is 3.17. The fraction of sp³-hybridized carbons (Fsp3) is 0.350. The lowest BCUT2D eigenvalue weighted by Gasteiger charge is -2.26. The molecule has 1 N–H and O–H groups in total. The molecule has 0 atom stereocenters. The van der Waals surface area contributed by atoms with E-state index in [1.54, 1.807) is 13.4 Å². The largest absolute Gasteiger partial charge is 0.497 e. The van der Waals surface area contributed by atoms with Gasteiger partial charge in [0.25, 0.3) is 0 Å². The first-order valence-corrected chi connectivity index (χ1v) is 10.1. The Balaban J connectivity index is 1.54. The highest BCUT2D eigenvalue weighted by atomic mass is 32.2. The number of nitrogens with zero attached hydrogens (tertiary/aromatic N) is 3. The molecule has 1 aliphatic heterocycles. The van der Waals surface area contributed by atoms with Gasteiger partial charge in [0.2, 0.25) is 5.91 Å². The predicted molar refractivity (Wildman–Crippen MR) is 107 cm³/mol. The molecule has 2 aromatic heterocycles. The highest BCUT2D eigenvalue weighted by molar-refractivity contribution is 8.00. The maximum Gasteiger partial charge on any atom is 0.232 e. The number of thioether (sulfide) groups is 1. The number of piperidine rings is 1. The Kier molecular flexibility index (Phi) is 5.29. The third kappa shape index (κ3) is 3.78. The molecule has 4 rings (SSSR count). The van der Waals surface area contributed by atoms with Crippen molar-refractivity contribution in [1.29, 1.82) is 0 Å². The molecule has 0 radical (unpaired) electrons. The number of likely N-dealkylation sites (tertiary alicyclic amines) is 1. The second-order valence-corrected chi connectivity index (χ2v) is 7.53. The monoisotopic (exact) mass is 382 g/mol. The van der Waals surface area contributed by atoms with Crippen LogP contribution in [0.15, 0.2) is 41.8 Å². The second-order valence-electron chi connectivity index (χ2n) is 6.56. The summed E-state index contributed by atoms with van der Waals surface area (Å²) in [5.41, 5.74) is 3.81. The first-order chi connectivity index (χ1) is 13.3. The molecule has 7 heteroatoms. The number of aromatic amines is 1. The smallest absolute Gasteiger partial charge is 0.232 e. The van der Waals surface area contributed by atoms with Crippen molar-refractivity contribution in [3.8, 4) is 16.9 Å². The number of ether oxygens (including phenoxy) is 1. The second kappa shape index (κ2) is 8.00. The number of rotatable bonds is 5. The summed E-state index contributed by atoms with van der Waals surface area (Å²) in [5.74, 6) is 1.41. The summed E-state index contributed by atoms with van der Waals surface area (Å²) in [6.07, 6.45) is 6.95. The van der Waals surface area contributed by atoms with Crippen molar-refractivity contribution >= 4 is 28.7 Å². The van der Waals surface area contributed by atoms with Gasteiger partial charge in [-0.25, -0.2) is 9.97 Å². The highest BCUT2D eigenvalue weighted by Crippen LogP contribution is 2.32.